The lowest BCUT2D eigenvalue weighted by Gasteiger charge is -2.22. The Morgan fingerprint density at radius 3 is 2.00 bits per heavy atom. The van der Waals surface area contributed by atoms with Gasteiger partial charge in [0.1, 0.15) is 0 Å². The summed E-state index contributed by atoms with van der Waals surface area (Å²) >= 11 is 0. The van der Waals surface area contributed by atoms with Crippen LogP contribution >= 0.6 is 0 Å². The zero-order chi connectivity index (χ0) is 13.6. The van der Waals surface area contributed by atoms with Crippen LogP contribution in [-0.4, -0.2) is 25.0 Å². The van der Waals surface area contributed by atoms with Crippen LogP contribution < -0.4 is 16.8 Å². The lowest BCUT2D eigenvalue weighted by molar-refractivity contribution is 0.510. The Hall–Kier alpha value is -1.52. The molecule has 0 aromatic heterocycles. The number of guanidine groups is 2. The molecule has 0 aliphatic heterocycles. The van der Waals surface area contributed by atoms with Gasteiger partial charge in [-0.1, -0.05) is 39.8 Å². The summed E-state index contributed by atoms with van der Waals surface area (Å²) in [6, 6.07) is -0.00726. The van der Waals surface area contributed by atoms with Crippen molar-refractivity contribution in [3.63, 3.8) is 0 Å². The van der Waals surface area contributed by atoms with Crippen LogP contribution in [0, 0.1) is 11.8 Å². The van der Waals surface area contributed by atoms with E-state index in [0.29, 0.717) is 11.8 Å². The van der Waals surface area contributed by atoms with Crippen LogP contribution in [0.4, 0.5) is 0 Å². The molecular weight excluding hydrogens is 214 g/mol. The molecule has 0 amide bonds. The van der Waals surface area contributed by atoms with Crippen molar-refractivity contribution in [3.05, 3.63) is 12.2 Å². The maximum Gasteiger partial charge on any atom is 0.196 e. The summed E-state index contributed by atoms with van der Waals surface area (Å²) in [6.45, 7) is 12.4. The van der Waals surface area contributed by atoms with E-state index in [1.54, 1.807) is 7.05 Å². The highest BCUT2D eigenvalue weighted by Gasteiger charge is 2.18. The van der Waals surface area contributed by atoms with Crippen molar-refractivity contribution in [1.82, 2.24) is 5.32 Å². The normalized spacial score (nSPS) is 15.2. The van der Waals surface area contributed by atoms with Crippen molar-refractivity contribution < 1.29 is 0 Å². The highest BCUT2D eigenvalue weighted by atomic mass is 15.2. The van der Waals surface area contributed by atoms with E-state index < -0.39 is 0 Å². The summed E-state index contributed by atoms with van der Waals surface area (Å²) in [4.78, 5) is 8.17. The van der Waals surface area contributed by atoms with Crippen LogP contribution in [0.15, 0.2) is 22.1 Å². The van der Waals surface area contributed by atoms with Gasteiger partial charge in [-0.25, -0.2) is 4.99 Å². The first kappa shape index (κ1) is 15.5. The van der Waals surface area contributed by atoms with Gasteiger partial charge in [-0.2, -0.15) is 0 Å². The Kier molecular flexibility index (Phi) is 6.31. The molecule has 0 aromatic carbocycles. The first-order valence-corrected chi connectivity index (χ1v) is 5.80. The Balaban J connectivity index is 4.86. The van der Waals surface area contributed by atoms with Gasteiger partial charge in [0.2, 0.25) is 0 Å². The molecule has 5 N–H and O–H groups in total. The van der Waals surface area contributed by atoms with E-state index in [1.807, 2.05) is 0 Å². The maximum absolute atomic E-state index is 5.76. The second-order valence-electron chi connectivity index (χ2n) is 4.67. The van der Waals surface area contributed by atoms with E-state index in [2.05, 4.69) is 49.6 Å². The molecule has 1 atom stereocenters. The summed E-state index contributed by atoms with van der Waals surface area (Å²) in [5.74, 6) is 1.23. The Morgan fingerprint density at radius 1 is 1.12 bits per heavy atom. The molecule has 0 spiro atoms. The number of nitrogens with two attached hydrogens (primary N) is 2. The second kappa shape index (κ2) is 6.93. The molecular formula is C12H25N5. The van der Waals surface area contributed by atoms with E-state index >= 15 is 0 Å². The van der Waals surface area contributed by atoms with Gasteiger partial charge in [0.05, 0.1) is 6.04 Å². The molecule has 0 aliphatic rings. The number of hydrogen-bond donors (Lipinski definition) is 3. The van der Waals surface area contributed by atoms with E-state index in [0.717, 1.165) is 5.57 Å². The van der Waals surface area contributed by atoms with Crippen LogP contribution in [-0.2, 0) is 0 Å². The molecule has 17 heavy (non-hydrogen) atoms. The third-order valence-corrected chi connectivity index (χ3v) is 2.53. The SMILES string of the molecule is C=C(C(C)C)C(N=C(N)NC(N)=NC)C(C)C. The minimum atomic E-state index is -0.00726. The van der Waals surface area contributed by atoms with Crippen molar-refractivity contribution >= 4 is 11.9 Å². The smallest absolute Gasteiger partial charge is 0.196 e. The van der Waals surface area contributed by atoms with Gasteiger partial charge < -0.3 is 11.5 Å². The fourth-order valence-electron chi connectivity index (χ4n) is 1.37. The third kappa shape index (κ3) is 5.38. The van der Waals surface area contributed by atoms with Crippen LogP contribution in [0.5, 0.6) is 0 Å². The van der Waals surface area contributed by atoms with Crippen molar-refractivity contribution in [2.24, 2.45) is 33.3 Å². The largest absolute Gasteiger partial charge is 0.370 e. The minimum Gasteiger partial charge on any atom is -0.370 e. The fourth-order valence-corrected chi connectivity index (χ4v) is 1.37. The molecule has 0 fully saturated rings. The second-order valence-corrected chi connectivity index (χ2v) is 4.67. The summed E-state index contributed by atoms with van der Waals surface area (Å²) in [5.41, 5.74) is 12.3. The zero-order valence-electron chi connectivity index (χ0n) is 11.5. The van der Waals surface area contributed by atoms with E-state index in [4.69, 9.17) is 11.5 Å². The summed E-state index contributed by atoms with van der Waals surface area (Å²) in [7, 11) is 1.59. The molecule has 0 saturated heterocycles. The van der Waals surface area contributed by atoms with Gasteiger partial charge in [0.15, 0.2) is 11.9 Å². The van der Waals surface area contributed by atoms with Crippen molar-refractivity contribution in [1.29, 1.82) is 0 Å². The molecule has 98 valence electrons. The first-order valence-electron chi connectivity index (χ1n) is 5.80. The molecule has 0 heterocycles. The number of hydrogen-bond acceptors (Lipinski definition) is 2. The summed E-state index contributed by atoms with van der Waals surface area (Å²) < 4.78 is 0. The molecule has 0 aliphatic carbocycles. The molecule has 0 saturated carbocycles. The van der Waals surface area contributed by atoms with Crippen molar-refractivity contribution in [2.45, 2.75) is 33.7 Å². The number of aliphatic imine (C=N–C) groups is 2. The molecule has 1 unspecified atom stereocenters. The van der Waals surface area contributed by atoms with Gasteiger partial charge in [-0.05, 0) is 11.8 Å². The standard InChI is InChI=1S/C12H25N5/c1-7(2)9(5)10(8(3)4)16-12(14)17-11(13)15-6/h7-8,10H,5H2,1-4,6H3,(H5,13,14,15,16,17). The highest BCUT2D eigenvalue weighted by Crippen LogP contribution is 2.21. The van der Waals surface area contributed by atoms with Crippen LogP contribution in [0.2, 0.25) is 0 Å². The zero-order valence-corrected chi connectivity index (χ0v) is 11.5. The van der Waals surface area contributed by atoms with E-state index in [9.17, 15) is 0 Å². The van der Waals surface area contributed by atoms with Crippen molar-refractivity contribution in [3.8, 4) is 0 Å². The van der Waals surface area contributed by atoms with Gasteiger partial charge in [0, 0.05) is 7.05 Å². The predicted molar refractivity (Wildman–Crippen MR) is 74.9 cm³/mol. The third-order valence-electron chi connectivity index (χ3n) is 2.53. The van der Waals surface area contributed by atoms with E-state index in [-0.39, 0.29) is 18.0 Å². The molecule has 0 bridgehead atoms. The number of nitrogens with zero attached hydrogens (tertiary/aromatic N) is 2. The summed E-state index contributed by atoms with van der Waals surface area (Å²) in [6.07, 6.45) is 0. The first-order chi connectivity index (χ1) is 7.79. The maximum atomic E-state index is 5.76. The predicted octanol–water partition coefficient (Wildman–Crippen LogP) is 1.07. The summed E-state index contributed by atoms with van der Waals surface area (Å²) in [5, 5.41) is 2.72. The molecule has 0 radical (unpaired) electrons. The number of nitrogens with one attached hydrogen (secondary N) is 1. The topological polar surface area (TPSA) is 88.8 Å². The molecule has 0 rings (SSSR count). The lowest BCUT2D eigenvalue weighted by atomic mass is 9.90. The average Bonchev–Trinajstić information content (AvgIpc) is 2.24. The number of rotatable bonds is 4. The molecule has 5 nitrogen and oxygen atoms in total. The van der Waals surface area contributed by atoms with Crippen LogP contribution in [0.1, 0.15) is 27.7 Å². The van der Waals surface area contributed by atoms with Gasteiger partial charge in [0.25, 0.3) is 0 Å². The molecule has 5 heteroatoms. The van der Waals surface area contributed by atoms with Gasteiger partial charge in [-0.3, -0.25) is 10.3 Å². The van der Waals surface area contributed by atoms with Gasteiger partial charge in [-0.15, -0.1) is 0 Å². The minimum absolute atomic E-state index is 0.00726. The van der Waals surface area contributed by atoms with Gasteiger partial charge >= 0.3 is 0 Å². The highest BCUT2D eigenvalue weighted by molar-refractivity contribution is 5.97. The lowest BCUT2D eigenvalue weighted by Crippen LogP contribution is -2.42. The Morgan fingerprint density at radius 2 is 1.65 bits per heavy atom. The van der Waals surface area contributed by atoms with Crippen molar-refractivity contribution in [2.75, 3.05) is 7.05 Å². The molecule has 0 aromatic rings. The Bertz CT molecular complexity index is 315. The average molecular weight is 239 g/mol. The van der Waals surface area contributed by atoms with Crippen LogP contribution in [0.3, 0.4) is 0 Å². The Labute approximate surface area is 104 Å². The monoisotopic (exact) mass is 239 g/mol. The fraction of sp³-hybridized carbons (Fsp3) is 0.667. The quantitative estimate of drug-likeness (QED) is 0.389. The van der Waals surface area contributed by atoms with E-state index in [1.165, 1.54) is 0 Å². The van der Waals surface area contributed by atoms with Crippen LogP contribution in [0.25, 0.3) is 0 Å².